The first kappa shape index (κ1) is 17.6. The van der Waals surface area contributed by atoms with Crippen LogP contribution in [0.2, 0.25) is 0 Å². The van der Waals surface area contributed by atoms with Gasteiger partial charge in [-0.3, -0.25) is 0 Å². The van der Waals surface area contributed by atoms with Gasteiger partial charge in [0, 0.05) is 49.8 Å². The van der Waals surface area contributed by atoms with Gasteiger partial charge in [0.2, 0.25) is 5.82 Å². The summed E-state index contributed by atoms with van der Waals surface area (Å²) in [6.45, 7) is 3.68. The van der Waals surface area contributed by atoms with Gasteiger partial charge in [-0.25, -0.2) is 13.4 Å². The van der Waals surface area contributed by atoms with Crippen molar-refractivity contribution in [1.29, 1.82) is 0 Å². The van der Waals surface area contributed by atoms with E-state index in [0.29, 0.717) is 11.1 Å². The van der Waals surface area contributed by atoms with Crippen LogP contribution >= 0.6 is 0 Å². The summed E-state index contributed by atoms with van der Waals surface area (Å²) in [5, 5.41) is 17.3. The van der Waals surface area contributed by atoms with Crippen molar-refractivity contribution in [2.75, 3.05) is 37.3 Å². The van der Waals surface area contributed by atoms with Gasteiger partial charge in [0.15, 0.2) is 9.84 Å². The van der Waals surface area contributed by atoms with E-state index in [1.165, 1.54) is 6.26 Å². The smallest absolute Gasteiger partial charge is 0.206 e. The van der Waals surface area contributed by atoms with Crippen LogP contribution in [0.15, 0.2) is 41.4 Å². The zero-order valence-corrected chi connectivity index (χ0v) is 15.6. The molecule has 3 heterocycles. The van der Waals surface area contributed by atoms with Crippen LogP contribution < -0.4 is 10.2 Å². The van der Waals surface area contributed by atoms with Gasteiger partial charge in [-0.05, 0) is 29.0 Å². The number of piperazine rings is 1. The fourth-order valence-corrected chi connectivity index (χ4v) is 4.10. The Balaban J connectivity index is 1.80. The molecular formula is C17H19N7O2S. The second kappa shape index (κ2) is 7.05. The number of sulfone groups is 1. The average Bonchev–Trinajstić information content (AvgIpc) is 3.22. The average molecular weight is 385 g/mol. The maximum absolute atomic E-state index is 12.3. The maximum Gasteiger partial charge on any atom is 0.206 e. The van der Waals surface area contributed by atoms with Gasteiger partial charge in [0.05, 0.1) is 4.90 Å². The van der Waals surface area contributed by atoms with Crippen molar-refractivity contribution in [3.05, 3.63) is 36.5 Å². The summed E-state index contributed by atoms with van der Waals surface area (Å²) >= 11 is 0. The van der Waals surface area contributed by atoms with Crippen molar-refractivity contribution in [3.8, 4) is 22.5 Å². The SMILES string of the molecule is CS(=O)(=O)c1cccc(-c2ccc(N3CCNCC3)nc2)c1-c1nn[nH]n1. The van der Waals surface area contributed by atoms with Crippen molar-refractivity contribution < 1.29 is 8.42 Å². The van der Waals surface area contributed by atoms with Crippen LogP contribution in [0.4, 0.5) is 5.82 Å². The number of pyridine rings is 1. The van der Waals surface area contributed by atoms with E-state index in [9.17, 15) is 8.42 Å². The Labute approximate surface area is 156 Å². The molecule has 0 unspecified atom stereocenters. The third-order valence-electron chi connectivity index (χ3n) is 4.49. The van der Waals surface area contributed by atoms with Crippen molar-refractivity contribution in [1.82, 2.24) is 30.9 Å². The van der Waals surface area contributed by atoms with E-state index in [2.05, 4.69) is 35.8 Å². The van der Waals surface area contributed by atoms with Gasteiger partial charge in [-0.15, -0.1) is 10.2 Å². The highest BCUT2D eigenvalue weighted by atomic mass is 32.2. The predicted molar refractivity (Wildman–Crippen MR) is 101 cm³/mol. The Morgan fingerprint density at radius 2 is 1.93 bits per heavy atom. The van der Waals surface area contributed by atoms with Crippen LogP contribution in [0.1, 0.15) is 0 Å². The molecule has 0 spiro atoms. The molecule has 1 saturated heterocycles. The first-order valence-electron chi connectivity index (χ1n) is 8.53. The van der Waals surface area contributed by atoms with Crippen LogP contribution in [-0.4, -0.2) is 66.5 Å². The molecule has 2 aromatic heterocycles. The predicted octanol–water partition coefficient (Wildman–Crippen LogP) is 0.742. The summed E-state index contributed by atoms with van der Waals surface area (Å²) in [6.07, 6.45) is 2.92. The Hall–Kier alpha value is -2.85. The standard InChI is InChI=1S/C17H19N7O2S/c1-27(25,26)14-4-2-3-13(16(14)17-20-22-23-21-17)12-5-6-15(19-11-12)24-9-7-18-8-10-24/h2-6,11,18H,7-10H2,1H3,(H,20,21,22,23). The number of hydrogen-bond acceptors (Lipinski definition) is 8. The number of nitrogens with zero attached hydrogens (tertiary/aromatic N) is 5. The third-order valence-corrected chi connectivity index (χ3v) is 5.63. The molecule has 1 aliphatic rings. The van der Waals surface area contributed by atoms with Gasteiger partial charge in [0.25, 0.3) is 0 Å². The Morgan fingerprint density at radius 1 is 1.11 bits per heavy atom. The molecule has 0 atom stereocenters. The molecule has 0 bridgehead atoms. The van der Waals surface area contributed by atoms with Crippen LogP contribution in [0, 0.1) is 0 Å². The minimum absolute atomic E-state index is 0.160. The number of nitrogens with one attached hydrogen (secondary N) is 2. The fraction of sp³-hybridized carbons (Fsp3) is 0.294. The van der Waals surface area contributed by atoms with Gasteiger partial charge in [0.1, 0.15) is 5.82 Å². The number of rotatable bonds is 4. The summed E-state index contributed by atoms with van der Waals surface area (Å²) in [5.74, 6) is 1.14. The molecule has 0 saturated carbocycles. The summed E-state index contributed by atoms with van der Waals surface area (Å²) in [4.78, 5) is 6.95. The summed E-state index contributed by atoms with van der Waals surface area (Å²) < 4.78 is 24.6. The number of tetrazole rings is 1. The number of H-pyrrole nitrogens is 1. The number of aromatic nitrogens is 5. The summed E-state index contributed by atoms with van der Waals surface area (Å²) in [7, 11) is -3.47. The van der Waals surface area contributed by atoms with E-state index in [1.807, 2.05) is 18.2 Å². The lowest BCUT2D eigenvalue weighted by Crippen LogP contribution is -2.43. The van der Waals surface area contributed by atoms with E-state index in [0.717, 1.165) is 37.6 Å². The Kier molecular flexibility index (Phi) is 4.58. The molecule has 0 aliphatic carbocycles. The van der Waals surface area contributed by atoms with Crippen LogP contribution in [-0.2, 0) is 9.84 Å². The highest BCUT2D eigenvalue weighted by Gasteiger charge is 2.22. The molecule has 1 aromatic carbocycles. The van der Waals surface area contributed by atoms with Crippen molar-refractivity contribution in [3.63, 3.8) is 0 Å². The van der Waals surface area contributed by atoms with Gasteiger partial charge >= 0.3 is 0 Å². The minimum atomic E-state index is -3.47. The second-order valence-corrected chi connectivity index (χ2v) is 8.31. The van der Waals surface area contributed by atoms with E-state index in [1.54, 1.807) is 18.3 Å². The molecule has 0 amide bonds. The van der Waals surface area contributed by atoms with Crippen molar-refractivity contribution in [2.45, 2.75) is 4.90 Å². The monoisotopic (exact) mass is 385 g/mol. The van der Waals surface area contributed by atoms with Crippen molar-refractivity contribution >= 4 is 15.7 Å². The number of aromatic amines is 1. The molecule has 2 N–H and O–H groups in total. The molecule has 0 radical (unpaired) electrons. The zero-order chi connectivity index (χ0) is 18.9. The lowest BCUT2D eigenvalue weighted by Gasteiger charge is -2.28. The summed E-state index contributed by atoms with van der Waals surface area (Å²) in [6, 6.07) is 8.98. The molecule has 4 rings (SSSR count). The van der Waals surface area contributed by atoms with Crippen LogP contribution in [0.5, 0.6) is 0 Å². The highest BCUT2D eigenvalue weighted by Crippen LogP contribution is 2.35. The highest BCUT2D eigenvalue weighted by molar-refractivity contribution is 7.90. The van der Waals surface area contributed by atoms with E-state index in [4.69, 9.17) is 0 Å². The Bertz CT molecular complexity index is 1030. The molecule has 9 nitrogen and oxygen atoms in total. The quantitative estimate of drug-likeness (QED) is 0.675. The Morgan fingerprint density at radius 3 is 2.56 bits per heavy atom. The van der Waals surface area contributed by atoms with Gasteiger partial charge < -0.3 is 10.2 Å². The number of anilines is 1. The lowest BCUT2D eigenvalue weighted by atomic mass is 10.0. The van der Waals surface area contributed by atoms with Crippen molar-refractivity contribution in [2.24, 2.45) is 0 Å². The van der Waals surface area contributed by atoms with Crippen LogP contribution in [0.3, 0.4) is 0 Å². The van der Waals surface area contributed by atoms with Gasteiger partial charge in [-0.2, -0.15) is 5.21 Å². The summed E-state index contributed by atoms with van der Waals surface area (Å²) in [5.41, 5.74) is 1.91. The molecule has 10 heteroatoms. The minimum Gasteiger partial charge on any atom is -0.354 e. The van der Waals surface area contributed by atoms with E-state index >= 15 is 0 Å². The first-order valence-corrected chi connectivity index (χ1v) is 10.4. The normalized spacial score (nSPS) is 15.1. The number of benzene rings is 1. The number of hydrogen-bond donors (Lipinski definition) is 2. The molecule has 3 aromatic rings. The van der Waals surface area contributed by atoms with E-state index < -0.39 is 9.84 Å². The van der Waals surface area contributed by atoms with Crippen LogP contribution in [0.25, 0.3) is 22.5 Å². The molecule has 1 aliphatic heterocycles. The second-order valence-electron chi connectivity index (χ2n) is 6.33. The topological polar surface area (TPSA) is 117 Å². The largest absolute Gasteiger partial charge is 0.354 e. The third kappa shape index (κ3) is 3.53. The molecule has 140 valence electrons. The lowest BCUT2D eigenvalue weighted by molar-refractivity contribution is 0.585. The van der Waals surface area contributed by atoms with E-state index in [-0.39, 0.29) is 10.7 Å². The zero-order valence-electron chi connectivity index (χ0n) is 14.8. The van der Waals surface area contributed by atoms with Gasteiger partial charge in [-0.1, -0.05) is 12.1 Å². The maximum atomic E-state index is 12.3. The fourth-order valence-electron chi connectivity index (χ4n) is 3.21. The first-order chi connectivity index (χ1) is 13.0. The molecule has 1 fully saturated rings. The molecular weight excluding hydrogens is 366 g/mol. The molecule has 27 heavy (non-hydrogen) atoms.